The molecule has 1 fully saturated rings. The summed E-state index contributed by atoms with van der Waals surface area (Å²) < 4.78 is 12.1. The maximum absolute atomic E-state index is 12.3. The van der Waals surface area contributed by atoms with Crippen LogP contribution in [0.4, 0.5) is 0 Å². The van der Waals surface area contributed by atoms with Gasteiger partial charge in [0, 0.05) is 39.0 Å². The second-order valence-corrected chi connectivity index (χ2v) is 6.52. The van der Waals surface area contributed by atoms with Gasteiger partial charge < -0.3 is 19.7 Å². The molecule has 1 aromatic carbocycles. The van der Waals surface area contributed by atoms with Crippen molar-refractivity contribution in [2.24, 2.45) is 13.0 Å². The molecule has 0 bridgehead atoms. The first kappa shape index (κ1) is 16.4. The number of hydrogen-bond donors (Lipinski definition) is 1. The van der Waals surface area contributed by atoms with Crippen molar-refractivity contribution in [3.8, 4) is 11.5 Å². The maximum atomic E-state index is 12.3. The Balaban J connectivity index is 1.31. The number of fused-ring (bicyclic) bond motifs is 1. The van der Waals surface area contributed by atoms with E-state index < -0.39 is 0 Å². The number of carbonyl (C=O) groups excluding carboxylic acids is 2. The number of benzene rings is 1. The second-order valence-electron chi connectivity index (χ2n) is 6.52. The molecule has 2 aromatic rings. The zero-order valence-electron chi connectivity index (χ0n) is 14.3. The van der Waals surface area contributed by atoms with Crippen molar-refractivity contribution in [3.63, 3.8) is 0 Å². The highest BCUT2D eigenvalue weighted by atomic mass is 16.7. The van der Waals surface area contributed by atoms with Gasteiger partial charge in [0.2, 0.25) is 12.7 Å². The van der Waals surface area contributed by atoms with Crippen LogP contribution in [0.1, 0.15) is 22.5 Å². The Labute approximate surface area is 149 Å². The number of nitrogens with one attached hydrogen (secondary N) is 1. The number of aryl methyl sites for hydroxylation is 1. The van der Waals surface area contributed by atoms with Crippen LogP contribution in [0, 0.1) is 5.92 Å². The summed E-state index contributed by atoms with van der Waals surface area (Å²) >= 11 is 0. The van der Waals surface area contributed by atoms with Crippen molar-refractivity contribution in [2.75, 3.05) is 19.9 Å². The van der Waals surface area contributed by atoms with E-state index in [1.165, 1.54) is 4.68 Å². The number of hydrogen-bond acceptors (Lipinski definition) is 6. The Morgan fingerprint density at radius 2 is 2.19 bits per heavy atom. The monoisotopic (exact) mass is 357 g/mol. The van der Waals surface area contributed by atoms with Gasteiger partial charge in [-0.25, -0.2) is 0 Å². The zero-order chi connectivity index (χ0) is 18.1. The average molecular weight is 357 g/mol. The summed E-state index contributed by atoms with van der Waals surface area (Å²) in [6.45, 7) is 1.78. The van der Waals surface area contributed by atoms with E-state index in [4.69, 9.17) is 9.47 Å². The third kappa shape index (κ3) is 3.32. The Kier molecular flexibility index (Phi) is 4.19. The quantitative estimate of drug-likeness (QED) is 0.828. The molecule has 1 unspecified atom stereocenters. The van der Waals surface area contributed by atoms with Crippen LogP contribution in [-0.2, 0) is 18.4 Å². The van der Waals surface area contributed by atoms with Crippen LogP contribution in [0.5, 0.6) is 11.5 Å². The van der Waals surface area contributed by atoms with E-state index in [-0.39, 0.29) is 30.2 Å². The number of carbonyl (C=O) groups is 2. The molecule has 0 spiro atoms. The summed E-state index contributed by atoms with van der Waals surface area (Å²) in [6, 6.07) is 5.69. The third-order valence-electron chi connectivity index (χ3n) is 4.49. The fourth-order valence-corrected chi connectivity index (χ4v) is 3.18. The molecule has 1 atom stereocenters. The highest BCUT2D eigenvalue weighted by molar-refractivity contribution is 5.91. The normalized spacial score (nSPS) is 18.4. The fourth-order valence-electron chi connectivity index (χ4n) is 3.18. The van der Waals surface area contributed by atoms with Crippen LogP contribution >= 0.6 is 0 Å². The van der Waals surface area contributed by atoms with Crippen LogP contribution in [0.15, 0.2) is 24.4 Å². The second kappa shape index (κ2) is 6.66. The number of likely N-dealkylation sites (tertiary alicyclic amines) is 1. The van der Waals surface area contributed by atoms with Crippen LogP contribution < -0.4 is 14.8 Å². The highest BCUT2D eigenvalue weighted by Crippen LogP contribution is 2.33. The lowest BCUT2D eigenvalue weighted by Crippen LogP contribution is -2.31. The predicted molar refractivity (Wildman–Crippen MR) is 89.4 cm³/mol. The smallest absolute Gasteiger partial charge is 0.273 e. The van der Waals surface area contributed by atoms with Gasteiger partial charge in [0.1, 0.15) is 0 Å². The van der Waals surface area contributed by atoms with Gasteiger partial charge >= 0.3 is 0 Å². The summed E-state index contributed by atoms with van der Waals surface area (Å²) in [5.41, 5.74) is 1.26. The van der Waals surface area contributed by atoms with Crippen molar-refractivity contribution in [2.45, 2.75) is 13.0 Å². The number of rotatable bonds is 5. The Hall–Kier alpha value is -3.10. The lowest BCUT2D eigenvalue weighted by Gasteiger charge is -2.17. The summed E-state index contributed by atoms with van der Waals surface area (Å²) in [4.78, 5) is 26.1. The highest BCUT2D eigenvalue weighted by Gasteiger charge is 2.30. The van der Waals surface area contributed by atoms with Crippen molar-refractivity contribution in [1.82, 2.24) is 25.2 Å². The van der Waals surface area contributed by atoms with Gasteiger partial charge in [0.25, 0.3) is 5.91 Å². The summed E-state index contributed by atoms with van der Waals surface area (Å²) in [5.74, 6) is 1.33. The number of aromatic nitrogens is 3. The lowest BCUT2D eigenvalue weighted by molar-refractivity contribution is -0.128. The van der Waals surface area contributed by atoms with Crippen molar-refractivity contribution < 1.29 is 19.1 Å². The van der Waals surface area contributed by atoms with Gasteiger partial charge in [0.15, 0.2) is 17.2 Å². The Morgan fingerprint density at radius 3 is 3.00 bits per heavy atom. The molecule has 136 valence electrons. The first-order valence-corrected chi connectivity index (χ1v) is 8.39. The number of amides is 2. The molecular formula is C17H19N5O4. The zero-order valence-corrected chi connectivity index (χ0v) is 14.3. The molecular weight excluding hydrogens is 338 g/mol. The minimum absolute atomic E-state index is 0.0807. The van der Waals surface area contributed by atoms with Crippen molar-refractivity contribution >= 4 is 11.8 Å². The summed E-state index contributed by atoms with van der Waals surface area (Å²) in [5, 5.41) is 10.3. The molecule has 26 heavy (non-hydrogen) atoms. The van der Waals surface area contributed by atoms with Gasteiger partial charge in [-0.3, -0.25) is 14.3 Å². The molecule has 1 N–H and O–H groups in total. The van der Waals surface area contributed by atoms with Gasteiger partial charge in [-0.1, -0.05) is 11.3 Å². The van der Waals surface area contributed by atoms with E-state index in [1.807, 2.05) is 18.2 Å². The number of ether oxygens (including phenoxy) is 2. The summed E-state index contributed by atoms with van der Waals surface area (Å²) in [7, 11) is 1.70. The van der Waals surface area contributed by atoms with E-state index in [2.05, 4.69) is 15.6 Å². The van der Waals surface area contributed by atoms with E-state index in [0.717, 1.165) is 11.3 Å². The SMILES string of the molecule is Cn1cc(C(=O)NCC2CC(=O)N(Cc3ccc4c(c3)OCO4)C2)nn1. The molecule has 3 heterocycles. The fraction of sp³-hybridized carbons (Fsp3) is 0.412. The molecule has 1 saturated heterocycles. The molecule has 2 aliphatic rings. The van der Waals surface area contributed by atoms with E-state index in [9.17, 15) is 9.59 Å². The van der Waals surface area contributed by atoms with Crippen molar-refractivity contribution in [3.05, 3.63) is 35.7 Å². The van der Waals surface area contributed by atoms with Crippen LogP contribution in [-0.4, -0.2) is 51.6 Å². The molecule has 0 saturated carbocycles. The minimum Gasteiger partial charge on any atom is -0.454 e. The average Bonchev–Trinajstić information content (AvgIpc) is 3.33. The van der Waals surface area contributed by atoms with Crippen LogP contribution in [0.2, 0.25) is 0 Å². The standard InChI is InChI=1S/C17H19N5O4/c1-21-9-13(19-20-21)17(24)18-6-12-5-16(23)22(8-12)7-11-2-3-14-15(4-11)26-10-25-14/h2-4,9,12H,5-8,10H2,1H3,(H,18,24). The topological polar surface area (TPSA) is 98.6 Å². The number of nitrogens with zero attached hydrogens (tertiary/aromatic N) is 4. The summed E-state index contributed by atoms with van der Waals surface area (Å²) in [6.07, 6.45) is 1.98. The Morgan fingerprint density at radius 1 is 1.35 bits per heavy atom. The molecule has 9 heteroatoms. The van der Waals surface area contributed by atoms with Gasteiger partial charge in [0.05, 0.1) is 6.20 Å². The molecule has 9 nitrogen and oxygen atoms in total. The van der Waals surface area contributed by atoms with Gasteiger partial charge in [-0.05, 0) is 17.7 Å². The molecule has 0 radical (unpaired) electrons. The molecule has 0 aliphatic carbocycles. The molecule has 2 aliphatic heterocycles. The van der Waals surface area contributed by atoms with E-state index >= 15 is 0 Å². The van der Waals surface area contributed by atoms with Crippen molar-refractivity contribution in [1.29, 1.82) is 0 Å². The molecule has 2 amide bonds. The minimum atomic E-state index is -0.278. The molecule has 1 aromatic heterocycles. The predicted octanol–water partition coefficient (Wildman–Crippen LogP) is 0.322. The molecule has 4 rings (SSSR count). The van der Waals surface area contributed by atoms with Gasteiger partial charge in [-0.15, -0.1) is 5.10 Å². The maximum Gasteiger partial charge on any atom is 0.273 e. The van der Waals surface area contributed by atoms with E-state index in [0.29, 0.717) is 31.8 Å². The van der Waals surface area contributed by atoms with Crippen LogP contribution in [0.25, 0.3) is 0 Å². The van der Waals surface area contributed by atoms with Gasteiger partial charge in [-0.2, -0.15) is 0 Å². The Bertz CT molecular complexity index is 849. The first-order valence-electron chi connectivity index (χ1n) is 8.39. The first-order chi connectivity index (χ1) is 12.6. The van der Waals surface area contributed by atoms with E-state index in [1.54, 1.807) is 18.1 Å². The lowest BCUT2D eigenvalue weighted by atomic mass is 10.1. The third-order valence-corrected chi connectivity index (χ3v) is 4.49. The largest absolute Gasteiger partial charge is 0.454 e. The van der Waals surface area contributed by atoms with Crippen LogP contribution in [0.3, 0.4) is 0 Å².